The quantitative estimate of drug-likeness (QED) is 0.649. The lowest BCUT2D eigenvalue weighted by Gasteiger charge is -2.35. The van der Waals surface area contributed by atoms with Gasteiger partial charge in [-0.1, -0.05) is 0 Å². The lowest BCUT2D eigenvalue weighted by Crippen LogP contribution is -2.47. The van der Waals surface area contributed by atoms with Crippen LogP contribution in [0.3, 0.4) is 0 Å². The molecule has 0 aromatic heterocycles. The van der Waals surface area contributed by atoms with Gasteiger partial charge in [0.25, 0.3) is 0 Å². The molecule has 3 atom stereocenters. The Morgan fingerprint density at radius 2 is 2.08 bits per heavy atom. The van der Waals surface area contributed by atoms with Gasteiger partial charge in [-0.15, -0.1) is 0 Å². The van der Waals surface area contributed by atoms with E-state index in [0.717, 1.165) is 6.42 Å². The third kappa shape index (κ3) is 2.64. The Morgan fingerprint density at radius 1 is 1.31 bits per heavy atom. The lowest BCUT2D eigenvalue weighted by atomic mass is 10.0. The Bertz CT molecular complexity index is 138. The topological polar surface area (TPSA) is 36.9 Å². The third-order valence-corrected chi connectivity index (χ3v) is 2.24. The van der Waals surface area contributed by atoms with Gasteiger partial charge in [0.15, 0.2) is 0 Å². The number of ether oxygens (including phenoxy) is 4. The maximum Gasteiger partial charge on any atom is 0.112 e. The van der Waals surface area contributed by atoms with Gasteiger partial charge in [-0.3, -0.25) is 0 Å². The van der Waals surface area contributed by atoms with E-state index in [4.69, 9.17) is 18.9 Å². The molecule has 0 N–H and O–H groups in total. The minimum Gasteiger partial charge on any atom is -0.382 e. The molecule has 0 spiro atoms. The highest BCUT2D eigenvalue weighted by Crippen LogP contribution is 2.22. The van der Waals surface area contributed by atoms with E-state index in [-0.39, 0.29) is 18.3 Å². The van der Waals surface area contributed by atoms with Gasteiger partial charge >= 0.3 is 0 Å². The molecule has 1 aliphatic heterocycles. The molecular weight excluding hydrogens is 172 g/mol. The van der Waals surface area contributed by atoms with Crippen molar-refractivity contribution in [1.82, 2.24) is 0 Å². The summed E-state index contributed by atoms with van der Waals surface area (Å²) in [6, 6.07) is 0. The van der Waals surface area contributed by atoms with Crippen LogP contribution < -0.4 is 0 Å². The second-order valence-corrected chi connectivity index (χ2v) is 3.01. The summed E-state index contributed by atoms with van der Waals surface area (Å²) in [4.78, 5) is 0. The molecule has 4 nitrogen and oxygen atoms in total. The minimum absolute atomic E-state index is 0.0463. The minimum atomic E-state index is -0.0614. The van der Waals surface area contributed by atoms with Crippen LogP contribution in [0.5, 0.6) is 0 Å². The van der Waals surface area contributed by atoms with E-state index < -0.39 is 0 Å². The highest BCUT2D eigenvalue weighted by molar-refractivity contribution is 4.86. The molecule has 0 aromatic carbocycles. The summed E-state index contributed by atoms with van der Waals surface area (Å²) in [5.74, 6) is 0. The van der Waals surface area contributed by atoms with Crippen LogP contribution in [0, 0.1) is 6.61 Å². The first kappa shape index (κ1) is 10.9. The van der Waals surface area contributed by atoms with Crippen molar-refractivity contribution in [2.45, 2.75) is 24.7 Å². The first-order valence-electron chi connectivity index (χ1n) is 4.35. The van der Waals surface area contributed by atoms with E-state index >= 15 is 0 Å². The molecule has 77 valence electrons. The molecule has 1 rings (SSSR count). The van der Waals surface area contributed by atoms with Crippen LogP contribution in [0.2, 0.25) is 0 Å². The van der Waals surface area contributed by atoms with E-state index in [1.54, 1.807) is 27.9 Å². The van der Waals surface area contributed by atoms with Gasteiger partial charge in [-0.05, 0) is 0 Å². The van der Waals surface area contributed by atoms with Crippen molar-refractivity contribution in [3.05, 3.63) is 6.61 Å². The molecule has 1 heterocycles. The highest BCUT2D eigenvalue weighted by atomic mass is 16.6. The van der Waals surface area contributed by atoms with Gasteiger partial charge in [0.05, 0.1) is 19.3 Å². The van der Waals surface area contributed by atoms with E-state index in [0.29, 0.717) is 6.61 Å². The number of hydrogen-bond donors (Lipinski definition) is 0. The molecule has 13 heavy (non-hydrogen) atoms. The molecule has 4 heteroatoms. The van der Waals surface area contributed by atoms with Crippen molar-refractivity contribution >= 4 is 0 Å². The fourth-order valence-corrected chi connectivity index (χ4v) is 1.56. The zero-order valence-electron chi connectivity index (χ0n) is 8.36. The van der Waals surface area contributed by atoms with Gasteiger partial charge in [-0.2, -0.15) is 0 Å². The average Bonchev–Trinajstić information content (AvgIpc) is 2.18. The standard InChI is InChI=1S/C9H17O4/c1-10-6-8-9(12-3)7(11-2)4-5-13-8/h5,7-9H,4,6H2,1-3H3/t7-,8+,9+/m0/s1. The molecule has 1 fully saturated rings. The summed E-state index contributed by atoms with van der Waals surface area (Å²) >= 11 is 0. The first-order valence-corrected chi connectivity index (χ1v) is 4.35. The number of hydrogen-bond acceptors (Lipinski definition) is 4. The average molecular weight is 189 g/mol. The Balaban J connectivity index is 2.50. The first-order chi connectivity index (χ1) is 6.33. The van der Waals surface area contributed by atoms with Crippen molar-refractivity contribution in [2.75, 3.05) is 27.9 Å². The normalized spacial score (nSPS) is 34.8. The van der Waals surface area contributed by atoms with Gasteiger partial charge in [-0.25, -0.2) is 0 Å². The van der Waals surface area contributed by atoms with Crippen molar-refractivity contribution in [3.63, 3.8) is 0 Å². The van der Waals surface area contributed by atoms with Crippen molar-refractivity contribution in [2.24, 2.45) is 0 Å². The summed E-state index contributed by atoms with van der Waals surface area (Å²) in [7, 11) is 4.99. The molecular formula is C9H17O4. The molecule has 0 amide bonds. The summed E-state index contributed by atoms with van der Waals surface area (Å²) in [5, 5.41) is 0. The van der Waals surface area contributed by atoms with Crippen LogP contribution in [0.25, 0.3) is 0 Å². The second-order valence-electron chi connectivity index (χ2n) is 3.01. The van der Waals surface area contributed by atoms with E-state index in [1.165, 1.54) is 0 Å². The molecule has 0 aromatic rings. The molecule has 1 aliphatic rings. The molecule has 1 saturated heterocycles. The summed E-state index contributed by atoms with van der Waals surface area (Å²) in [6.45, 7) is 2.28. The predicted molar refractivity (Wildman–Crippen MR) is 47.3 cm³/mol. The Kier molecular flexibility index (Phi) is 4.66. The van der Waals surface area contributed by atoms with Gasteiger partial charge in [0.1, 0.15) is 12.2 Å². The van der Waals surface area contributed by atoms with E-state index in [1.807, 2.05) is 0 Å². The summed E-state index contributed by atoms with van der Waals surface area (Å²) < 4.78 is 21.0. The van der Waals surface area contributed by atoms with Crippen LogP contribution in [0.1, 0.15) is 6.42 Å². The largest absolute Gasteiger partial charge is 0.382 e. The summed E-state index contributed by atoms with van der Waals surface area (Å²) in [5.41, 5.74) is 0. The van der Waals surface area contributed by atoms with Crippen LogP contribution in [-0.4, -0.2) is 46.2 Å². The molecule has 0 unspecified atom stereocenters. The van der Waals surface area contributed by atoms with Crippen molar-refractivity contribution in [3.8, 4) is 0 Å². The zero-order valence-corrected chi connectivity index (χ0v) is 8.36. The van der Waals surface area contributed by atoms with Gasteiger partial charge in [0.2, 0.25) is 0 Å². The molecule has 0 bridgehead atoms. The Labute approximate surface area is 79.1 Å². The maximum absolute atomic E-state index is 5.40. The lowest BCUT2D eigenvalue weighted by molar-refractivity contribution is -0.152. The third-order valence-electron chi connectivity index (χ3n) is 2.24. The Hall–Kier alpha value is -0.160. The highest BCUT2D eigenvalue weighted by Gasteiger charge is 2.34. The fourth-order valence-electron chi connectivity index (χ4n) is 1.56. The van der Waals surface area contributed by atoms with Crippen LogP contribution in [0.15, 0.2) is 0 Å². The zero-order chi connectivity index (χ0) is 9.68. The number of rotatable bonds is 4. The van der Waals surface area contributed by atoms with Crippen molar-refractivity contribution in [1.29, 1.82) is 0 Å². The van der Waals surface area contributed by atoms with Crippen LogP contribution in [0.4, 0.5) is 0 Å². The molecule has 1 radical (unpaired) electrons. The van der Waals surface area contributed by atoms with Crippen LogP contribution >= 0.6 is 0 Å². The Morgan fingerprint density at radius 3 is 2.62 bits per heavy atom. The van der Waals surface area contributed by atoms with Gasteiger partial charge < -0.3 is 18.9 Å². The molecule has 0 aliphatic carbocycles. The van der Waals surface area contributed by atoms with Crippen LogP contribution in [-0.2, 0) is 18.9 Å². The smallest absolute Gasteiger partial charge is 0.112 e. The maximum atomic E-state index is 5.40. The van der Waals surface area contributed by atoms with Crippen molar-refractivity contribution < 1.29 is 18.9 Å². The van der Waals surface area contributed by atoms with E-state index in [2.05, 4.69) is 0 Å². The number of methoxy groups -OCH3 is 3. The SMILES string of the molecule is COC[C@H]1O[CH]C[C@H](OC)[C@H]1OC. The monoisotopic (exact) mass is 189 g/mol. The summed E-state index contributed by atoms with van der Waals surface area (Å²) in [6.07, 6.45) is 0.720. The van der Waals surface area contributed by atoms with E-state index in [9.17, 15) is 0 Å². The second kappa shape index (κ2) is 5.54. The van der Waals surface area contributed by atoms with Gasteiger partial charge in [0, 0.05) is 27.8 Å². The fraction of sp³-hybridized carbons (Fsp3) is 0.889. The predicted octanol–water partition coefficient (Wildman–Crippen LogP) is 0.613. The molecule has 0 saturated carbocycles.